The zero-order valence-electron chi connectivity index (χ0n) is 16.1. The molecular formula is C21H31ClN2O2. The van der Waals surface area contributed by atoms with Crippen LogP contribution in [0.3, 0.4) is 0 Å². The van der Waals surface area contributed by atoms with Crippen LogP contribution in [0.5, 0.6) is 0 Å². The van der Waals surface area contributed by atoms with Crippen molar-refractivity contribution in [1.29, 1.82) is 0 Å². The van der Waals surface area contributed by atoms with Crippen LogP contribution in [0.25, 0.3) is 5.52 Å². The van der Waals surface area contributed by atoms with Gasteiger partial charge in [0.1, 0.15) is 0 Å². The third-order valence-corrected chi connectivity index (χ3v) is 6.05. The molecule has 0 atom stereocenters. The van der Waals surface area contributed by atoms with Crippen LogP contribution in [0.15, 0.2) is 24.4 Å². The van der Waals surface area contributed by atoms with Crippen molar-refractivity contribution < 1.29 is 9.84 Å². The number of fused-ring (bicyclic) bond motifs is 1. The van der Waals surface area contributed by atoms with E-state index in [9.17, 15) is 5.11 Å². The average Bonchev–Trinajstić information content (AvgIpc) is 3.18. The van der Waals surface area contributed by atoms with E-state index in [2.05, 4.69) is 35.8 Å². The number of halogens is 1. The van der Waals surface area contributed by atoms with E-state index in [0.29, 0.717) is 6.61 Å². The lowest BCUT2D eigenvalue weighted by atomic mass is 9.93. The van der Waals surface area contributed by atoms with E-state index in [4.69, 9.17) is 16.3 Å². The molecule has 0 bridgehead atoms. The quantitative estimate of drug-likeness (QED) is 0.719. The summed E-state index contributed by atoms with van der Waals surface area (Å²) in [5.41, 5.74) is 2.72. The number of rotatable bonds is 8. The molecule has 144 valence electrons. The van der Waals surface area contributed by atoms with Gasteiger partial charge in [0.25, 0.3) is 0 Å². The molecule has 0 saturated heterocycles. The van der Waals surface area contributed by atoms with Gasteiger partial charge in [0.15, 0.2) is 0 Å². The van der Waals surface area contributed by atoms with E-state index < -0.39 is 5.60 Å². The summed E-state index contributed by atoms with van der Waals surface area (Å²) < 4.78 is 7.43. The number of hydrogen-bond donors (Lipinski definition) is 2. The van der Waals surface area contributed by atoms with E-state index in [1.165, 1.54) is 11.3 Å². The summed E-state index contributed by atoms with van der Waals surface area (Å²) in [4.78, 5) is 0. The Hall–Kier alpha value is -1.07. The second-order valence-electron chi connectivity index (χ2n) is 8.10. The largest absolute Gasteiger partial charge is 0.390 e. The van der Waals surface area contributed by atoms with Crippen molar-refractivity contribution in [3.63, 3.8) is 0 Å². The van der Waals surface area contributed by atoms with Crippen molar-refractivity contribution in [2.45, 2.75) is 63.5 Å². The summed E-state index contributed by atoms with van der Waals surface area (Å²) in [6, 6.07) is 6.15. The fourth-order valence-electron chi connectivity index (χ4n) is 4.15. The highest BCUT2D eigenvalue weighted by Crippen LogP contribution is 2.34. The van der Waals surface area contributed by atoms with Gasteiger partial charge in [0.2, 0.25) is 0 Å². The number of nitrogens with one attached hydrogen (secondary N) is 1. The molecule has 5 heteroatoms. The van der Waals surface area contributed by atoms with Crippen LogP contribution in [-0.4, -0.2) is 35.4 Å². The van der Waals surface area contributed by atoms with Gasteiger partial charge < -0.3 is 19.6 Å². The Morgan fingerprint density at radius 3 is 2.77 bits per heavy atom. The van der Waals surface area contributed by atoms with E-state index in [0.717, 1.165) is 55.6 Å². The van der Waals surface area contributed by atoms with Crippen LogP contribution in [-0.2, 0) is 16.7 Å². The highest BCUT2D eigenvalue weighted by Gasteiger charge is 2.32. The maximum Gasteiger partial charge on any atom is 0.0690 e. The second-order valence-corrected chi connectivity index (χ2v) is 8.51. The summed E-state index contributed by atoms with van der Waals surface area (Å²) in [5.74, 6) is 0. The second kappa shape index (κ2) is 7.89. The van der Waals surface area contributed by atoms with Crippen LogP contribution >= 0.6 is 11.6 Å². The van der Waals surface area contributed by atoms with E-state index in [1.807, 2.05) is 12.1 Å². The SMILES string of the molecule is COCCc1cc(C(C)(C)NCCC2(O)CCCC2)c2c(Cl)cccn12. The molecular weight excluding hydrogens is 348 g/mol. The van der Waals surface area contributed by atoms with E-state index in [1.54, 1.807) is 7.11 Å². The Morgan fingerprint density at radius 2 is 2.08 bits per heavy atom. The first-order valence-corrected chi connectivity index (χ1v) is 9.99. The molecule has 1 aliphatic rings. The van der Waals surface area contributed by atoms with Gasteiger partial charge in [-0.15, -0.1) is 0 Å². The summed E-state index contributed by atoms with van der Waals surface area (Å²) in [5, 5.41) is 15.0. The molecule has 0 unspecified atom stereocenters. The van der Waals surface area contributed by atoms with Crippen molar-refractivity contribution in [2.24, 2.45) is 0 Å². The highest BCUT2D eigenvalue weighted by molar-refractivity contribution is 6.34. The van der Waals surface area contributed by atoms with Crippen LogP contribution < -0.4 is 5.32 Å². The Balaban J connectivity index is 1.82. The van der Waals surface area contributed by atoms with Crippen molar-refractivity contribution >= 4 is 17.1 Å². The third-order valence-electron chi connectivity index (χ3n) is 5.75. The number of pyridine rings is 1. The zero-order valence-corrected chi connectivity index (χ0v) is 16.9. The maximum absolute atomic E-state index is 10.6. The Kier molecular flexibility index (Phi) is 5.97. The predicted octanol–water partition coefficient (Wildman–Crippen LogP) is 4.30. The standard InChI is InChI=1S/C21H31ClN2O2/c1-20(2,23-12-11-21(25)9-4-5-10-21)17-15-16(8-14-26-3)24-13-6-7-18(22)19(17)24/h6-7,13,15,23,25H,4-5,8-12,14H2,1-3H3. The summed E-state index contributed by atoms with van der Waals surface area (Å²) in [6.07, 6.45) is 7.84. The first kappa shape index (κ1) is 19.7. The fraction of sp³-hybridized carbons (Fsp3) is 0.619. The zero-order chi connectivity index (χ0) is 18.8. The van der Waals surface area contributed by atoms with E-state index in [-0.39, 0.29) is 5.54 Å². The molecule has 2 aromatic heterocycles. The number of methoxy groups -OCH3 is 1. The molecule has 2 N–H and O–H groups in total. The summed E-state index contributed by atoms with van der Waals surface area (Å²) >= 11 is 6.56. The third kappa shape index (κ3) is 4.09. The topological polar surface area (TPSA) is 45.9 Å². The number of ether oxygens (including phenoxy) is 1. The average molecular weight is 379 g/mol. The minimum atomic E-state index is -0.479. The smallest absolute Gasteiger partial charge is 0.0690 e. The van der Waals surface area contributed by atoms with Gasteiger partial charge in [-0.05, 0) is 63.4 Å². The Labute approximate surface area is 161 Å². The molecule has 4 nitrogen and oxygen atoms in total. The molecule has 26 heavy (non-hydrogen) atoms. The van der Waals surface area contributed by atoms with Gasteiger partial charge in [0.05, 0.1) is 22.7 Å². The minimum Gasteiger partial charge on any atom is -0.390 e. The fourth-order valence-corrected chi connectivity index (χ4v) is 4.41. The normalized spacial score (nSPS) is 17.3. The van der Waals surface area contributed by atoms with Gasteiger partial charge in [-0.2, -0.15) is 0 Å². The number of nitrogens with zero attached hydrogens (tertiary/aromatic N) is 1. The van der Waals surface area contributed by atoms with Gasteiger partial charge in [-0.25, -0.2) is 0 Å². The molecule has 2 heterocycles. The molecule has 3 rings (SSSR count). The summed E-state index contributed by atoms with van der Waals surface area (Å²) in [7, 11) is 1.73. The van der Waals surface area contributed by atoms with Crippen LogP contribution in [0.4, 0.5) is 0 Å². The van der Waals surface area contributed by atoms with Crippen molar-refractivity contribution in [3.05, 3.63) is 40.7 Å². The molecule has 2 aromatic rings. The van der Waals surface area contributed by atoms with Gasteiger partial charge in [-0.3, -0.25) is 0 Å². The molecule has 1 saturated carbocycles. The minimum absolute atomic E-state index is 0.240. The van der Waals surface area contributed by atoms with Crippen LogP contribution in [0.1, 0.15) is 57.2 Å². The molecule has 1 fully saturated rings. The van der Waals surface area contributed by atoms with Crippen molar-refractivity contribution in [3.8, 4) is 0 Å². The summed E-state index contributed by atoms with van der Waals surface area (Å²) in [6.45, 7) is 5.84. The van der Waals surface area contributed by atoms with Crippen molar-refractivity contribution in [2.75, 3.05) is 20.3 Å². The number of aromatic nitrogens is 1. The lowest BCUT2D eigenvalue weighted by Gasteiger charge is -2.29. The monoisotopic (exact) mass is 378 g/mol. The molecule has 0 spiro atoms. The van der Waals surface area contributed by atoms with Crippen LogP contribution in [0.2, 0.25) is 5.02 Å². The molecule has 0 radical (unpaired) electrons. The highest BCUT2D eigenvalue weighted by atomic mass is 35.5. The van der Waals surface area contributed by atoms with Gasteiger partial charge >= 0.3 is 0 Å². The predicted molar refractivity (Wildman–Crippen MR) is 107 cm³/mol. The van der Waals surface area contributed by atoms with E-state index >= 15 is 0 Å². The molecule has 0 aromatic carbocycles. The molecule has 0 amide bonds. The van der Waals surface area contributed by atoms with Gasteiger partial charge in [-0.1, -0.05) is 24.4 Å². The number of aliphatic hydroxyl groups is 1. The number of hydrogen-bond acceptors (Lipinski definition) is 3. The first-order chi connectivity index (χ1) is 12.4. The maximum atomic E-state index is 10.6. The van der Waals surface area contributed by atoms with Crippen molar-refractivity contribution in [1.82, 2.24) is 9.72 Å². The lowest BCUT2D eigenvalue weighted by molar-refractivity contribution is 0.0373. The Morgan fingerprint density at radius 1 is 1.35 bits per heavy atom. The first-order valence-electron chi connectivity index (χ1n) is 9.62. The molecule has 0 aliphatic heterocycles. The molecule has 1 aliphatic carbocycles. The lowest BCUT2D eigenvalue weighted by Crippen LogP contribution is -2.40. The van der Waals surface area contributed by atoms with Crippen LogP contribution in [0, 0.1) is 0 Å². The Bertz CT molecular complexity index is 748. The van der Waals surface area contributed by atoms with Gasteiger partial charge in [0, 0.05) is 31.0 Å².